The van der Waals surface area contributed by atoms with Gasteiger partial charge in [0, 0.05) is 18.6 Å². The molecule has 2 aromatic rings. The van der Waals surface area contributed by atoms with Crippen molar-refractivity contribution in [1.82, 2.24) is 25.4 Å². The molecule has 1 heterocycles. The van der Waals surface area contributed by atoms with Gasteiger partial charge in [-0.3, -0.25) is 0 Å². The molecular weight excluding hydrogens is 288 g/mol. The monoisotopic (exact) mass is 306 g/mol. The number of guanidine groups is 1. The number of halogens is 1. The van der Waals surface area contributed by atoms with E-state index in [9.17, 15) is 0 Å². The highest BCUT2D eigenvalue weighted by molar-refractivity contribution is 6.30. The first-order valence-electron chi connectivity index (χ1n) is 6.78. The first kappa shape index (κ1) is 15.3. The maximum Gasteiger partial charge on any atom is 0.191 e. The Morgan fingerprint density at radius 3 is 2.90 bits per heavy atom. The van der Waals surface area contributed by atoms with Gasteiger partial charge in [-0.05, 0) is 24.6 Å². The Bertz CT molecular complexity index is 607. The Morgan fingerprint density at radius 1 is 1.38 bits per heavy atom. The number of nitrogens with one attached hydrogen (secondary N) is 2. The Morgan fingerprint density at radius 2 is 2.24 bits per heavy atom. The second kappa shape index (κ2) is 7.64. The highest BCUT2D eigenvalue weighted by Gasteiger charge is 2.02. The van der Waals surface area contributed by atoms with Crippen molar-refractivity contribution in [3.8, 4) is 0 Å². The minimum atomic E-state index is 0.564. The highest BCUT2D eigenvalue weighted by Crippen LogP contribution is 2.11. The van der Waals surface area contributed by atoms with Gasteiger partial charge < -0.3 is 15.2 Å². The van der Waals surface area contributed by atoms with E-state index in [4.69, 9.17) is 11.6 Å². The van der Waals surface area contributed by atoms with Crippen molar-refractivity contribution in [2.24, 2.45) is 12.0 Å². The SMILES string of the molecule is CCNC(=NCc1cccc(Cl)c1)NCc1nncn1C. The van der Waals surface area contributed by atoms with E-state index in [1.165, 1.54) is 0 Å². The van der Waals surface area contributed by atoms with Crippen LogP contribution in [0.1, 0.15) is 18.3 Å². The van der Waals surface area contributed by atoms with Crippen LogP contribution in [0.3, 0.4) is 0 Å². The first-order chi connectivity index (χ1) is 10.2. The van der Waals surface area contributed by atoms with Crippen LogP contribution in [0.2, 0.25) is 5.02 Å². The molecule has 0 saturated heterocycles. The molecule has 0 radical (unpaired) electrons. The van der Waals surface area contributed by atoms with Gasteiger partial charge in [0.2, 0.25) is 0 Å². The van der Waals surface area contributed by atoms with Gasteiger partial charge >= 0.3 is 0 Å². The summed E-state index contributed by atoms with van der Waals surface area (Å²) in [5, 5.41) is 15.0. The molecule has 0 unspecified atom stereocenters. The van der Waals surface area contributed by atoms with Gasteiger partial charge in [0.25, 0.3) is 0 Å². The van der Waals surface area contributed by atoms with Crippen molar-refractivity contribution in [2.45, 2.75) is 20.0 Å². The van der Waals surface area contributed by atoms with E-state index >= 15 is 0 Å². The third-order valence-corrected chi connectivity index (χ3v) is 3.11. The molecule has 0 saturated carbocycles. The molecule has 0 atom stereocenters. The minimum absolute atomic E-state index is 0.564. The molecule has 2 N–H and O–H groups in total. The lowest BCUT2D eigenvalue weighted by Crippen LogP contribution is -2.37. The summed E-state index contributed by atoms with van der Waals surface area (Å²) in [6.45, 7) is 3.95. The molecule has 21 heavy (non-hydrogen) atoms. The molecular formula is C14H19ClN6. The van der Waals surface area contributed by atoms with Crippen molar-refractivity contribution in [2.75, 3.05) is 6.54 Å². The lowest BCUT2D eigenvalue weighted by Gasteiger charge is -2.10. The van der Waals surface area contributed by atoms with Crippen LogP contribution < -0.4 is 10.6 Å². The Hall–Kier alpha value is -2.08. The summed E-state index contributed by atoms with van der Waals surface area (Å²) >= 11 is 5.97. The highest BCUT2D eigenvalue weighted by atomic mass is 35.5. The minimum Gasteiger partial charge on any atom is -0.357 e. The van der Waals surface area contributed by atoms with E-state index in [0.29, 0.717) is 13.1 Å². The summed E-state index contributed by atoms with van der Waals surface area (Å²) in [5.74, 6) is 1.59. The van der Waals surface area contributed by atoms with Gasteiger partial charge in [0.05, 0.1) is 13.1 Å². The van der Waals surface area contributed by atoms with Crippen molar-refractivity contribution in [1.29, 1.82) is 0 Å². The number of rotatable bonds is 5. The Kier molecular flexibility index (Phi) is 5.57. The lowest BCUT2D eigenvalue weighted by molar-refractivity contribution is 0.726. The average molecular weight is 307 g/mol. The zero-order valence-electron chi connectivity index (χ0n) is 12.2. The molecule has 7 heteroatoms. The standard InChI is InChI=1S/C14H19ClN6/c1-3-16-14(18-9-13-20-19-10-21(13)2)17-8-11-5-4-6-12(15)7-11/h4-7,10H,3,8-9H2,1-2H3,(H2,16,17,18). The third-order valence-electron chi connectivity index (χ3n) is 2.87. The van der Waals surface area contributed by atoms with Gasteiger partial charge in [-0.2, -0.15) is 0 Å². The molecule has 0 aliphatic carbocycles. The number of hydrogen-bond acceptors (Lipinski definition) is 3. The number of nitrogens with zero attached hydrogens (tertiary/aromatic N) is 4. The predicted molar refractivity (Wildman–Crippen MR) is 84.1 cm³/mol. The van der Waals surface area contributed by atoms with Gasteiger partial charge in [-0.25, -0.2) is 4.99 Å². The fourth-order valence-electron chi connectivity index (χ4n) is 1.78. The van der Waals surface area contributed by atoms with Gasteiger partial charge in [0.15, 0.2) is 11.8 Å². The quantitative estimate of drug-likeness (QED) is 0.652. The van der Waals surface area contributed by atoms with Crippen LogP contribution >= 0.6 is 11.6 Å². The smallest absolute Gasteiger partial charge is 0.191 e. The van der Waals surface area contributed by atoms with Crippen LogP contribution in [0, 0.1) is 0 Å². The van der Waals surface area contributed by atoms with Gasteiger partial charge in [-0.15, -0.1) is 10.2 Å². The largest absolute Gasteiger partial charge is 0.357 e. The van der Waals surface area contributed by atoms with E-state index in [1.807, 2.05) is 42.8 Å². The predicted octanol–water partition coefficient (Wildman–Crippen LogP) is 1.72. The molecule has 0 aliphatic rings. The van der Waals surface area contributed by atoms with E-state index in [2.05, 4.69) is 25.8 Å². The van der Waals surface area contributed by atoms with Crippen LogP contribution in [0.4, 0.5) is 0 Å². The van der Waals surface area contributed by atoms with Crippen molar-refractivity contribution in [3.63, 3.8) is 0 Å². The number of aliphatic imine (C=N–C) groups is 1. The van der Waals surface area contributed by atoms with Crippen molar-refractivity contribution < 1.29 is 0 Å². The van der Waals surface area contributed by atoms with E-state index in [-0.39, 0.29) is 0 Å². The number of aryl methyl sites for hydroxylation is 1. The van der Waals surface area contributed by atoms with Crippen LogP contribution in [0.5, 0.6) is 0 Å². The Balaban J connectivity index is 1.97. The molecule has 6 nitrogen and oxygen atoms in total. The zero-order chi connectivity index (χ0) is 15.1. The summed E-state index contributed by atoms with van der Waals surface area (Å²) in [7, 11) is 1.91. The maximum atomic E-state index is 5.97. The number of aromatic nitrogens is 3. The number of benzene rings is 1. The molecule has 0 amide bonds. The third kappa shape index (κ3) is 4.75. The molecule has 1 aromatic heterocycles. The van der Waals surface area contributed by atoms with E-state index in [1.54, 1.807) is 6.33 Å². The van der Waals surface area contributed by atoms with Crippen molar-refractivity contribution in [3.05, 3.63) is 47.0 Å². The van der Waals surface area contributed by atoms with Crippen LogP contribution in [0.25, 0.3) is 0 Å². The van der Waals surface area contributed by atoms with E-state index in [0.717, 1.165) is 28.9 Å². The second-order valence-corrected chi connectivity index (χ2v) is 4.97. The molecule has 0 fully saturated rings. The van der Waals surface area contributed by atoms with Crippen molar-refractivity contribution >= 4 is 17.6 Å². The van der Waals surface area contributed by atoms with Gasteiger partial charge in [0.1, 0.15) is 6.33 Å². The topological polar surface area (TPSA) is 67.1 Å². The summed E-state index contributed by atoms with van der Waals surface area (Å²) in [6.07, 6.45) is 1.67. The normalized spacial score (nSPS) is 11.5. The Labute approximate surface area is 129 Å². The molecule has 2 rings (SSSR count). The molecule has 112 valence electrons. The zero-order valence-corrected chi connectivity index (χ0v) is 12.9. The van der Waals surface area contributed by atoms with Crippen LogP contribution in [-0.2, 0) is 20.1 Å². The summed E-state index contributed by atoms with van der Waals surface area (Å²) in [5.41, 5.74) is 1.07. The molecule has 0 aliphatic heterocycles. The van der Waals surface area contributed by atoms with Gasteiger partial charge in [-0.1, -0.05) is 23.7 Å². The van der Waals surface area contributed by atoms with Crippen LogP contribution in [-0.4, -0.2) is 27.3 Å². The fraction of sp³-hybridized carbons (Fsp3) is 0.357. The lowest BCUT2D eigenvalue weighted by atomic mass is 10.2. The fourth-order valence-corrected chi connectivity index (χ4v) is 1.99. The second-order valence-electron chi connectivity index (χ2n) is 4.54. The number of hydrogen-bond donors (Lipinski definition) is 2. The van der Waals surface area contributed by atoms with E-state index < -0.39 is 0 Å². The summed E-state index contributed by atoms with van der Waals surface area (Å²) < 4.78 is 1.87. The maximum absolute atomic E-state index is 5.97. The molecule has 0 spiro atoms. The molecule has 0 bridgehead atoms. The average Bonchev–Trinajstić information content (AvgIpc) is 2.87. The molecule has 1 aromatic carbocycles. The summed E-state index contributed by atoms with van der Waals surface area (Å²) in [4.78, 5) is 4.53. The first-order valence-corrected chi connectivity index (χ1v) is 7.16. The van der Waals surface area contributed by atoms with Crippen LogP contribution in [0.15, 0.2) is 35.6 Å². The summed E-state index contributed by atoms with van der Waals surface area (Å²) in [6, 6.07) is 7.69.